The van der Waals surface area contributed by atoms with Crippen LogP contribution in [0, 0.1) is 5.92 Å². The minimum Gasteiger partial charge on any atom is -0.396 e. The van der Waals surface area contributed by atoms with Crippen molar-refractivity contribution in [1.82, 2.24) is 0 Å². The van der Waals surface area contributed by atoms with Crippen LogP contribution in [0.3, 0.4) is 0 Å². The molecule has 0 bridgehead atoms. The van der Waals surface area contributed by atoms with Gasteiger partial charge in [-0.2, -0.15) is 0 Å². The number of rotatable bonds is 3. The molecule has 1 heterocycles. The van der Waals surface area contributed by atoms with E-state index in [0.29, 0.717) is 0 Å². The second kappa shape index (κ2) is 3.58. The highest BCUT2D eigenvalue weighted by Gasteiger charge is 2.35. The van der Waals surface area contributed by atoms with Gasteiger partial charge < -0.3 is 9.84 Å². The lowest BCUT2D eigenvalue weighted by molar-refractivity contribution is -0.0305. The van der Waals surface area contributed by atoms with Crippen molar-refractivity contribution in [3.63, 3.8) is 0 Å². The SMILES string of the molecule is [2H]C([2H])([2H])[C@]1(C=C)O[C@H]([C@H](C)CO)CC1([2H])[2H]. The van der Waals surface area contributed by atoms with Crippen LogP contribution in [0.1, 0.15) is 33.4 Å². The van der Waals surface area contributed by atoms with Crippen LogP contribution in [0.4, 0.5) is 0 Å². The zero-order valence-corrected chi connectivity index (χ0v) is 7.21. The molecule has 0 unspecified atom stereocenters. The molecule has 2 nitrogen and oxygen atoms in total. The van der Waals surface area contributed by atoms with E-state index in [9.17, 15) is 0 Å². The van der Waals surface area contributed by atoms with E-state index >= 15 is 0 Å². The Morgan fingerprint density at radius 1 is 2.08 bits per heavy atom. The van der Waals surface area contributed by atoms with Crippen molar-refractivity contribution in [3.05, 3.63) is 12.7 Å². The fourth-order valence-corrected chi connectivity index (χ4v) is 1.13. The standard InChI is InChI=1S/C10H18O2/c1-4-10(3)6-5-9(12-10)8(2)7-11/h4,8-9,11H,1,5-7H2,2-3H3/t8-,9+,10-/m1/s1/i3D3,6D2. The Bertz CT molecular complexity index is 302. The van der Waals surface area contributed by atoms with Crippen LogP contribution in [0.5, 0.6) is 0 Å². The van der Waals surface area contributed by atoms with E-state index in [1.165, 1.54) is 0 Å². The number of hydrogen-bond donors (Lipinski definition) is 1. The molecule has 0 aromatic heterocycles. The Morgan fingerprint density at radius 2 is 2.83 bits per heavy atom. The number of aliphatic hydroxyl groups excluding tert-OH is 1. The summed E-state index contributed by atoms with van der Waals surface area (Å²) in [6.07, 6.45) is -1.66. The predicted molar refractivity (Wildman–Crippen MR) is 49.0 cm³/mol. The first kappa shape index (κ1) is 4.77. The van der Waals surface area contributed by atoms with E-state index < -0.39 is 24.9 Å². The second-order valence-electron chi connectivity index (χ2n) is 3.14. The lowest BCUT2D eigenvalue weighted by Crippen LogP contribution is -2.26. The molecule has 0 aromatic carbocycles. The number of hydrogen-bond acceptors (Lipinski definition) is 2. The highest BCUT2D eigenvalue weighted by atomic mass is 16.5. The normalized spacial score (nSPS) is 49.5. The van der Waals surface area contributed by atoms with Gasteiger partial charge in [-0.25, -0.2) is 0 Å². The van der Waals surface area contributed by atoms with Gasteiger partial charge in [-0.1, -0.05) is 13.0 Å². The van der Waals surface area contributed by atoms with Crippen LogP contribution in [0.15, 0.2) is 12.7 Å². The monoisotopic (exact) mass is 175 g/mol. The molecular weight excluding hydrogens is 152 g/mol. The Kier molecular flexibility index (Phi) is 1.43. The molecule has 1 rings (SSSR count). The molecule has 2 heteroatoms. The van der Waals surface area contributed by atoms with E-state index in [2.05, 4.69) is 6.58 Å². The summed E-state index contributed by atoms with van der Waals surface area (Å²) >= 11 is 0. The fourth-order valence-electron chi connectivity index (χ4n) is 1.13. The highest BCUT2D eigenvalue weighted by Crippen LogP contribution is 2.33. The third-order valence-corrected chi connectivity index (χ3v) is 2.11. The summed E-state index contributed by atoms with van der Waals surface area (Å²) in [5, 5.41) is 9.04. The fraction of sp³-hybridized carbons (Fsp3) is 0.800. The molecule has 1 aliphatic heterocycles. The molecule has 0 radical (unpaired) electrons. The molecule has 1 fully saturated rings. The molecule has 1 saturated heterocycles. The van der Waals surface area contributed by atoms with Crippen LogP contribution in [-0.4, -0.2) is 23.4 Å². The maximum atomic E-state index is 9.04. The van der Waals surface area contributed by atoms with Gasteiger partial charge in [0.1, 0.15) is 0 Å². The Morgan fingerprint density at radius 3 is 3.25 bits per heavy atom. The van der Waals surface area contributed by atoms with Gasteiger partial charge in [-0.15, -0.1) is 6.58 Å². The third kappa shape index (κ3) is 1.87. The van der Waals surface area contributed by atoms with Crippen molar-refractivity contribution in [2.24, 2.45) is 5.92 Å². The smallest absolute Gasteiger partial charge is 0.0836 e. The Balaban J connectivity index is 3.12. The second-order valence-corrected chi connectivity index (χ2v) is 3.14. The van der Waals surface area contributed by atoms with E-state index in [-0.39, 0.29) is 18.9 Å². The van der Waals surface area contributed by atoms with Crippen molar-refractivity contribution < 1.29 is 16.7 Å². The molecule has 12 heavy (non-hydrogen) atoms. The van der Waals surface area contributed by atoms with Crippen molar-refractivity contribution in [1.29, 1.82) is 0 Å². The first-order valence-corrected chi connectivity index (χ1v) is 4.03. The quantitative estimate of drug-likeness (QED) is 0.662. The van der Waals surface area contributed by atoms with Crippen molar-refractivity contribution in [2.75, 3.05) is 6.61 Å². The van der Waals surface area contributed by atoms with Gasteiger partial charge in [0.2, 0.25) is 0 Å². The Labute approximate surface area is 81.3 Å². The topological polar surface area (TPSA) is 29.5 Å². The molecule has 3 atom stereocenters. The van der Waals surface area contributed by atoms with Crippen LogP contribution in [-0.2, 0) is 4.74 Å². The average Bonchev–Trinajstić information content (AvgIpc) is 2.48. The summed E-state index contributed by atoms with van der Waals surface area (Å²) in [6, 6.07) is 0. The molecule has 0 aliphatic carbocycles. The Hall–Kier alpha value is -0.340. The molecular formula is C10H18O2. The molecule has 1 aliphatic rings. The van der Waals surface area contributed by atoms with Crippen molar-refractivity contribution in [3.8, 4) is 0 Å². The van der Waals surface area contributed by atoms with Gasteiger partial charge in [-0.3, -0.25) is 0 Å². The summed E-state index contributed by atoms with van der Waals surface area (Å²) in [6.45, 7) is 2.31. The largest absolute Gasteiger partial charge is 0.396 e. The summed E-state index contributed by atoms with van der Waals surface area (Å²) in [7, 11) is 0. The molecule has 0 amide bonds. The van der Waals surface area contributed by atoms with Gasteiger partial charge in [-0.05, 0) is 19.6 Å². The third-order valence-electron chi connectivity index (χ3n) is 2.11. The maximum Gasteiger partial charge on any atom is 0.0836 e. The van der Waals surface area contributed by atoms with Crippen molar-refractivity contribution >= 4 is 0 Å². The van der Waals surface area contributed by atoms with Crippen LogP contribution in [0.25, 0.3) is 0 Å². The summed E-state index contributed by atoms with van der Waals surface area (Å²) in [5.74, 6) is -0.311. The molecule has 0 spiro atoms. The van der Waals surface area contributed by atoms with Gasteiger partial charge in [0, 0.05) is 19.4 Å². The van der Waals surface area contributed by atoms with E-state index in [4.69, 9.17) is 16.7 Å². The van der Waals surface area contributed by atoms with Crippen LogP contribution >= 0.6 is 0 Å². The van der Waals surface area contributed by atoms with Crippen LogP contribution in [0.2, 0.25) is 0 Å². The van der Waals surface area contributed by atoms with Gasteiger partial charge >= 0.3 is 0 Å². The van der Waals surface area contributed by atoms with Crippen molar-refractivity contribution in [2.45, 2.75) is 38.3 Å². The first-order chi connectivity index (χ1) is 7.61. The lowest BCUT2D eigenvalue weighted by Gasteiger charge is -2.23. The molecule has 1 N–H and O–H groups in total. The van der Waals surface area contributed by atoms with Gasteiger partial charge in [0.25, 0.3) is 0 Å². The first-order valence-electron chi connectivity index (χ1n) is 6.53. The summed E-state index contributed by atoms with van der Waals surface area (Å²) in [5.41, 5.74) is -1.99. The van der Waals surface area contributed by atoms with Gasteiger partial charge in [0.05, 0.1) is 11.7 Å². The number of aliphatic hydroxyl groups is 1. The minimum atomic E-state index is -2.62. The molecule has 0 saturated carbocycles. The molecule has 0 aromatic rings. The zero-order valence-electron chi connectivity index (χ0n) is 12.2. The average molecular weight is 175 g/mol. The summed E-state index contributed by atoms with van der Waals surface area (Å²) in [4.78, 5) is 0. The number of ether oxygens (including phenoxy) is 1. The van der Waals surface area contributed by atoms with E-state index in [0.717, 1.165) is 6.08 Å². The molecule has 70 valence electrons. The summed E-state index contributed by atoms with van der Waals surface area (Å²) < 4.78 is 43.5. The lowest BCUT2D eigenvalue weighted by atomic mass is 9.99. The van der Waals surface area contributed by atoms with Gasteiger partial charge in [0.15, 0.2) is 0 Å². The zero-order chi connectivity index (χ0) is 13.5. The predicted octanol–water partition coefficient (Wildman–Crippen LogP) is 1.74. The highest BCUT2D eigenvalue weighted by molar-refractivity contribution is 4.99. The minimum absolute atomic E-state index is 0.0564. The van der Waals surface area contributed by atoms with Crippen LogP contribution < -0.4 is 0 Å². The van der Waals surface area contributed by atoms with E-state index in [1.54, 1.807) is 6.92 Å². The maximum absolute atomic E-state index is 9.04. The van der Waals surface area contributed by atoms with E-state index in [1.807, 2.05) is 0 Å².